The van der Waals surface area contributed by atoms with Crippen LogP contribution in [-0.2, 0) is 30.2 Å². The van der Waals surface area contributed by atoms with Gasteiger partial charge in [-0.25, -0.2) is 0 Å². The molecule has 0 spiro atoms. The molecule has 2 aromatic rings. The molecule has 4 unspecified atom stereocenters. The van der Waals surface area contributed by atoms with E-state index in [0.717, 1.165) is 15.8 Å². The number of benzene rings is 1. The van der Waals surface area contributed by atoms with Gasteiger partial charge in [-0.2, -0.15) is 0 Å². The topological polar surface area (TPSA) is 61.8 Å². The number of thioether (sulfide) groups is 1. The number of hydrogen-bond donors (Lipinski definition) is 0. The molecule has 0 saturated carbocycles. The normalized spacial score (nSPS) is 23.8. The Balaban J connectivity index is 1.95. The molecule has 0 bridgehead atoms. The summed E-state index contributed by atoms with van der Waals surface area (Å²) in [4.78, 5) is 24.7. The maximum absolute atomic E-state index is 11.8. The molecule has 0 amide bonds. The Bertz CT molecular complexity index is 913. The second kappa shape index (κ2) is 10.3. The highest BCUT2D eigenvalue weighted by Gasteiger charge is 2.43. The molecular formula is C22H25BrO5S2. The summed E-state index contributed by atoms with van der Waals surface area (Å²) in [5.74, 6) is -0.824. The first-order chi connectivity index (χ1) is 14.3. The van der Waals surface area contributed by atoms with Gasteiger partial charge < -0.3 is 14.2 Å². The maximum Gasteiger partial charge on any atom is 0.303 e. The number of carbonyl (C=O) groups is 2. The summed E-state index contributed by atoms with van der Waals surface area (Å²) < 4.78 is 18.5. The van der Waals surface area contributed by atoms with Gasteiger partial charge in [0, 0.05) is 31.6 Å². The zero-order valence-corrected chi connectivity index (χ0v) is 20.6. The van der Waals surface area contributed by atoms with Gasteiger partial charge in [0.25, 0.3) is 0 Å². The van der Waals surface area contributed by atoms with E-state index in [-0.39, 0.29) is 5.44 Å². The number of rotatable bonds is 6. The van der Waals surface area contributed by atoms with Crippen LogP contribution in [0, 0.1) is 6.92 Å². The zero-order chi connectivity index (χ0) is 21.8. The number of thiophene rings is 1. The molecule has 8 heteroatoms. The molecular weight excluding hydrogens is 488 g/mol. The van der Waals surface area contributed by atoms with Crippen LogP contribution in [-0.4, -0.2) is 35.8 Å². The molecule has 2 heterocycles. The molecule has 0 N–H and O–H groups in total. The van der Waals surface area contributed by atoms with Gasteiger partial charge in [-0.3, -0.25) is 9.59 Å². The maximum atomic E-state index is 11.8. The van der Waals surface area contributed by atoms with Crippen LogP contribution >= 0.6 is 39.0 Å². The van der Waals surface area contributed by atoms with Crippen LogP contribution in [0.2, 0.25) is 0 Å². The average Bonchev–Trinajstić information content (AvgIpc) is 3.08. The number of aryl methyl sites for hydroxylation is 1. The van der Waals surface area contributed by atoms with E-state index in [1.807, 2.05) is 18.4 Å². The summed E-state index contributed by atoms with van der Waals surface area (Å²) in [5, 5.41) is 0. The molecule has 162 valence electrons. The van der Waals surface area contributed by atoms with Gasteiger partial charge in [0.1, 0.15) is 17.6 Å². The van der Waals surface area contributed by atoms with Crippen LogP contribution in [0.15, 0.2) is 34.1 Å². The van der Waals surface area contributed by atoms with Crippen molar-refractivity contribution < 1.29 is 23.8 Å². The van der Waals surface area contributed by atoms with E-state index < -0.39 is 30.3 Å². The van der Waals surface area contributed by atoms with E-state index in [4.69, 9.17) is 14.2 Å². The summed E-state index contributed by atoms with van der Waals surface area (Å²) in [6.45, 7) is 4.81. The smallest absolute Gasteiger partial charge is 0.303 e. The summed E-state index contributed by atoms with van der Waals surface area (Å²) in [6, 6.07) is 10.3. The van der Waals surface area contributed by atoms with Crippen molar-refractivity contribution in [3.63, 3.8) is 0 Å². The first-order valence-corrected chi connectivity index (χ1v) is 12.5. The van der Waals surface area contributed by atoms with Crippen LogP contribution in [0.5, 0.6) is 0 Å². The van der Waals surface area contributed by atoms with Gasteiger partial charge >= 0.3 is 11.9 Å². The molecule has 5 nitrogen and oxygen atoms in total. The summed E-state index contributed by atoms with van der Waals surface area (Å²) >= 11 is 6.78. The van der Waals surface area contributed by atoms with Crippen molar-refractivity contribution in [2.45, 2.75) is 57.4 Å². The predicted octanol–water partition coefficient (Wildman–Crippen LogP) is 5.42. The second-order valence-corrected chi connectivity index (χ2v) is 10.8. The van der Waals surface area contributed by atoms with Crippen molar-refractivity contribution in [1.82, 2.24) is 0 Å². The minimum atomic E-state index is -0.693. The second-order valence-electron chi connectivity index (χ2n) is 7.25. The first kappa shape index (κ1) is 23.3. The van der Waals surface area contributed by atoms with Crippen molar-refractivity contribution in [1.29, 1.82) is 0 Å². The van der Waals surface area contributed by atoms with Gasteiger partial charge in [-0.15, -0.1) is 23.1 Å². The lowest BCUT2D eigenvalue weighted by molar-refractivity contribution is -0.198. The van der Waals surface area contributed by atoms with E-state index in [9.17, 15) is 9.59 Å². The van der Waals surface area contributed by atoms with Gasteiger partial charge in [0.15, 0.2) is 6.10 Å². The van der Waals surface area contributed by atoms with Crippen LogP contribution in [0.4, 0.5) is 0 Å². The van der Waals surface area contributed by atoms with E-state index in [1.54, 1.807) is 23.1 Å². The van der Waals surface area contributed by atoms with E-state index >= 15 is 0 Å². The minimum Gasteiger partial charge on any atom is -0.458 e. The monoisotopic (exact) mass is 512 g/mol. The lowest BCUT2D eigenvalue weighted by atomic mass is 9.92. The van der Waals surface area contributed by atoms with Gasteiger partial charge in [-0.05, 0) is 57.9 Å². The Morgan fingerprint density at radius 3 is 2.53 bits per heavy atom. The Hall–Kier alpha value is -1.35. The highest BCUT2D eigenvalue weighted by Crippen LogP contribution is 2.39. The molecule has 0 radical (unpaired) electrons. The number of carbonyl (C=O) groups excluding carboxylic acids is 2. The van der Waals surface area contributed by atoms with Crippen LogP contribution < -0.4 is 0 Å². The molecule has 1 aliphatic heterocycles. The molecule has 1 fully saturated rings. The van der Waals surface area contributed by atoms with Crippen molar-refractivity contribution in [3.8, 4) is 0 Å². The predicted molar refractivity (Wildman–Crippen MR) is 123 cm³/mol. The van der Waals surface area contributed by atoms with Gasteiger partial charge in [0.05, 0.1) is 3.79 Å². The number of hydrogen-bond acceptors (Lipinski definition) is 7. The fourth-order valence-electron chi connectivity index (χ4n) is 3.59. The summed E-state index contributed by atoms with van der Waals surface area (Å²) in [6.07, 6.45) is 1.46. The number of halogens is 1. The quantitative estimate of drug-likeness (QED) is 0.481. The fraction of sp³-hybridized carbons (Fsp3) is 0.455. The standard InChI is InChI=1S/C22H25BrO5S2/c1-12-5-6-15(9-16(12)10-17-7-8-19(23)30-17)21-22(27-14(3)25)18(26-13(2)24)11-20(28-21)29-4/h5-9,18,20-22H,10-11H2,1-4H3. The van der Waals surface area contributed by atoms with Crippen molar-refractivity contribution >= 4 is 51.0 Å². The van der Waals surface area contributed by atoms with Gasteiger partial charge in [0.2, 0.25) is 0 Å². The number of esters is 2. The average molecular weight is 513 g/mol. The SMILES string of the molecule is CSC1CC(OC(C)=O)C(OC(C)=O)C(c2ccc(C)c(Cc3ccc(Br)s3)c2)O1. The first-order valence-electron chi connectivity index (χ1n) is 9.63. The van der Waals surface area contributed by atoms with E-state index in [0.29, 0.717) is 6.42 Å². The van der Waals surface area contributed by atoms with E-state index in [2.05, 4.69) is 41.1 Å². The summed E-state index contributed by atoms with van der Waals surface area (Å²) in [5.41, 5.74) is 3.11. The third-order valence-electron chi connectivity index (χ3n) is 4.97. The van der Waals surface area contributed by atoms with Crippen LogP contribution in [0.3, 0.4) is 0 Å². The summed E-state index contributed by atoms with van der Waals surface area (Å²) in [7, 11) is 0. The van der Waals surface area contributed by atoms with Crippen molar-refractivity contribution in [2.75, 3.05) is 6.26 Å². The number of ether oxygens (including phenoxy) is 3. The zero-order valence-electron chi connectivity index (χ0n) is 17.3. The van der Waals surface area contributed by atoms with Crippen molar-refractivity contribution in [2.24, 2.45) is 0 Å². The Morgan fingerprint density at radius 2 is 1.93 bits per heavy atom. The largest absolute Gasteiger partial charge is 0.458 e. The third-order valence-corrected chi connectivity index (χ3v) is 7.42. The molecule has 1 aliphatic rings. The van der Waals surface area contributed by atoms with Crippen LogP contribution in [0.25, 0.3) is 0 Å². The molecule has 1 aromatic carbocycles. The van der Waals surface area contributed by atoms with Crippen LogP contribution in [0.1, 0.15) is 47.9 Å². The molecule has 4 atom stereocenters. The molecule has 0 aliphatic carbocycles. The lowest BCUT2D eigenvalue weighted by Crippen LogP contribution is -2.47. The highest BCUT2D eigenvalue weighted by molar-refractivity contribution is 9.11. The minimum absolute atomic E-state index is 0.163. The Labute approximate surface area is 193 Å². The lowest BCUT2D eigenvalue weighted by Gasteiger charge is -2.40. The molecule has 1 aromatic heterocycles. The molecule has 3 rings (SSSR count). The van der Waals surface area contributed by atoms with E-state index in [1.165, 1.54) is 29.9 Å². The van der Waals surface area contributed by atoms with Gasteiger partial charge in [-0.1, -0.05) is 18.2 Å². The third kappa shape index (κ3) is 5.87. The fourth-order valence-corrected chi connectivity index (χ4v) is 5.71. The Morgan fingerprint density at radius 1 is 1.20 bits per heavy atom. The van der Waals surface area contributed by atoms with Crippen molar-refractivity contribution in [3.05, 3.63) is 55.7 Å². The molecule has 1 saturated heterocycles. The molecule has 30 heavy (non-hydrogen) atoms. The Kier molecular flexibility index (Phi) is 8.01. The highest BCUT2D eigenvalue weighted by atomic mass is 79.9.